The Morgan fingerprint density at radius 1 is 1.05 bits per heavy atom. The molecule has 1 heterocycles. The Morgan fingerprint density at radius 3 is 2.63 bits per heavy atom. The fourth-order valence-electron chi connectivity index (χ4n) is 2.48. The van der Waals surface area contributed by atoms with Gasteiger partial charge < -0.3 is 0 Å². The maximum atomic E-state index is 2.31. The predicted molar refractivity (Wildman–Crippen MR) is 80.4 cm³/mol. The van der Waals surface area contributed by atoms with Crippen LogP contribution < -0.4 is 4.57 Å². The molecule has 2 nitrogen and oxygen atoms in total. The van der Waals surface area contributed by atoms with Gasteiger partial charge in [-0.15, -0.1) is 11.8 Å². The Labute approximate surface area is 117 Å². The van der Waals surface area contributed by atoms with E-state index in [0.717, 1.165) is 6.54 Å². The van der Waals surface area contributed by atoms with Gasteiger partial charge in [0.15, 0.2) is 11.0 Å². The Morgan fingerprint density at radius 2 is 1.79 bits per heavy atom. The molecule has 0 aliphatic rings. The predicted octanol–water partition coefficient (Wildman–Crippen LogP) is 3.24. The molecule has 0 fully saturated rings. The van der Waals surface area contributed by atoms with E-state index < -0.39 is 0 Å². The minimum absolute atomic E-state index is 0.915. The normalized spacial score (nSPS) is 11.1. The fraction of sp³-hybridized carbons (Fsp3) is 0.188. The number of rotatable bonds is 3. The number of nitrogens with zero attached hydrogens (tertiary/aromatic N) is 2. The second-order valence-electron chi connectivity index (χ2n) is 4.65. The van der Waals surface area contributed by atoms with Crippen LogP contribution in [0.4, 0.5) is 0 Å². The van der Waals surface area contributed by atoms with Crippen LogP contribution >= 0.6 is 11.8 Å². The summed E-state index contributed by atoms with van der Waals surface area (Å²) < 4.78 is 4.49. The van der Waals surface area contributed by atoms with Gasteiger partial charge in [-0.05, 0) is 24.5 Å². The zero-order chi connectivity index (χ0) is 13.2. The van der Waals surface area contributed by atoms with Gasteiger partial charge in [0.05, 0.1) is 7.05 Å². The highest BCUT2D eigenvalue weighted by Crippen LogP contribution is 2.22. The van der Waals surface area contributed by atoms with Crippen LogP contribution in [0.15, 0.2) is 59.8 Å². The first-order chi connectivity index (χ1) is 9.29. The molecule has 0 N–H and O–H groups in total. The summed E-state index contributed by atoms with van der Waals surface area (Å²) in [4.78, 5) is 1.35. The van der Waals surface area contributed by atoms with E-state index in [4.69, 9.17) is 0 Å². The second-order valence-corrected chi connectivity index (χ2v) is 5.50. The fourth-order valence-corrected chi connectivity index (χ4v) is 3.09. The highest BCUT2D eigenvalue weighted by Gasteiger charge is 2.13. The Bertz CT molecular complexity index is 716. The number of aromatic nitrogens is 2. The quantitative estimate of drug-likeness (QED) is 0.524. The van der Waals surface area contributed by atoms with E-state index >= 15 is 0 Å². The molecule has 3 rings (SSSR count). The van der Waals surface area contributed by atoms with E-state index in [1.54, 1.807) is 11.8 Å². The van der Waals surface area contributed by atoms with Crippen molar-refractivity contribution in [3.63, 3.8) is 0 Å². The summed E-state index contributed by atoms with van der Waals surface area (Å²) in [5.41, 5.74) is 3.92. The summed E-state index contributed by atoms with van der Waals surface area (Å²) in [5, 5.41) is 0. The number of benzene rings is 2. The third-order valence-corrected chi connectivity index (χ3v) is 4.26. The van der Waals surface area contributed by atoms with Gasteiger partial charge in [0.2, 0.25) is 6.33 Å². The van der Waals surface area contributed by atoms with E-state index in [9.17, 15) is 0 Å². The summed E-state index contributed by atoms with van der Waals surface area (Å²) >= 11 is 1.81. The van der Waals surface area contributed by atoms with Crippen molar-refractivity contribution >= 4 is 22.8 Å². The van der Waals surface area contributed by atoms with Crippen molar-refractivity contribution in [1.29, 1.82) is 0 Å². The van der Waals surface area contributed by atoms with Crippen molar-refractivity contribution in [3.8, 4) is 0 Å². The smallest absolute Gasteiger partial charge is 0.233 e. The van der Waals surface area contributed by atoms with Gasteiger partial charge in [-0.25, -0.2) is 9.13 Å². The maximum absolute atomic E-state index is 2.31. The van der Waals surface area contributed by atoms with Crippen LogP contribution in [-0.2, 0) is 13.6 Å². The van der Waals surface area contributed by atoms with Gasteiger partial charge in [0, 0.05) is 10.5 Å². The maximum Gasteiger partial charge on any atom is 0.244 e. The molecule has 0 saturated carbocycles. The largest absolute Gasteiger partial charge is 0.244 e. The van der Waals surface area contributed by atoms with Crippen LogP contribution in [0.3, 0.4) is 0 Å². The van der Waals surface area contributed by atoms with Crippen molar-refractivity contribution in [2.45, 2.75) is 11.4 Å². The molecular weight excluding hydrogens is 252 g/mol. The number of fused-ring (bicyclic) bond motifs is 1. The van der Waals surface area contributed by atoms with Crippen molar-refractivity contribution < 1.29 is 4.57 Å². The first-order valence-electron chi connectivity index (χ1n) is 6.35. The topological polar surface area (TPSA) is 8.81 Å². The first-order valence-corrected chi connectivity index (χ1v) is 7.57. The van der Waals surface area contributed by atoms with Crippen LogP contribution in [-0.4, -0.2) is 10.8 Å². The minimum Gasteiger partial charge on any atom is -0.233 e. The second kappa shape index (κ2) is 5.10. The number of para-hydroxylation sites is 2. The van der Waals surface area contributed by atoms with E-state index in [2.05, 4.69) is 77.3 Å². The minimum atomic E-state index is 0.915. The third kappa shape index (κ3) is 2.26. The molecule has 19 heavy (non-hydrogen) atoms. The number of imidazole rings is 1. The molecule has 0 unspecified atom stereocenters. The van der Waals surface area contributed by atoms with E-state index in [1.807, 2.05) is 0 Å². The summed E-state index contributed by atoms with van der Waals surface area (Å²) in [6.07, 6.45) is 4.30. The zero-order valence-electron chi connectivity index (χ0n) is 11.2. The third-order valence-electron chi connectivity index (χ3n) is 3.42. The molecule has 0 radical (unpaired) electrons. The molecule has 0 saturated heterocycles. The lowest BCUT2D eigenvalue weighted by molar-refractivity contribution is -0.645. The Kier molecular flexibility index (Phi) is 3.30. The molecule has 0 aliphatic carbocycles. The lowest BCUT2D eigenvalue weighted by Gasteiger charge is -2.04. The summed E-state index contributed by atoms with van der Waals surface area (Å²) in [6, 6.07) is 17.1. The zero-order valence-corrected chi connectivity index (χ0v) is 12.0. The van der Waals surface area contributed by atoms with Crippen LogP contribution in [0.2, 0.25) is 0 Å². The molecule has 0 amide bonds. The van der Waals surface area contributed by atoms with Gasteiger partial charge in [-0.2, -0.15) is 0 Å². The van der Waals surface area contributed by atoms with Gasteiger partial charge in [0.25, 0.3) is 0 Å². The molecule has 2 aromatic carbocycles. The van der Waals surface area contributed by atoms with Gasteiger partial charge >= 0.3 is 0 Å². The van der Waals surface area contributed by atoms with Crippen LogP contribution in [0, 0.1) is 0 Å². The molecule has 0 spiro atoms. The summed E-state index contributed by atoms with van der Waals surface area (Å²) in [7, 11) is 2.10. The number of hydrogen-bond donors (Lipinski definition) is 0. The Balaban J connectivity index is 2.06. The van der Waals surface area contributed by atoms with Crippen molar-refractivity contribution in [2.24, 2.45) is 7.05 Å². The molecule has 1 aromatic heterocycles. The van der Waals surface area contributed by atoms with Gasteiger partial charge in [-0.3, -0.25) is 0 Å². The van der Waals surface area contributed by atoms with E-state index in [1.165, 1.54) is 21.5 Å². The molecule has 0 atom stereocenters. The molecule has 0 bridgehead atoms. The lowest BCUT2D eigenvalue weighted by atomic mass is 10.2. The Hall–Kier alpha value is -1.74. The molecular formula is C16H17N2S+. The molecule has 3 aromatic rings. The standard InChI is InChI=1S/C16H17N2S/c1-17-12-18(15-9-5-4-8-14(15)17)11-13-7-3-6-10-16(13)19-2/h3-10,12H,11H2,1-2H3/q+1. The van der Waals surface area contributed by atoms with Crippen molar-refractivity contribution in [3.05, 3.63) is 60.4 Å². The first kappa shape index (κ1) is 12.3. The molecule has 0 aliphatic heterocycles. The monoisotopic (exact) mass is 269 g/mol. The summed E-state index contributed by atoms with van der Waals surface area (Å²) in [5.74, 6) is 0. The van der Waals surface area contributed by atoms with Gasteiger partial charge in [-0.1, -0.05) is 30.3 Å². The molecule has 96 valence electrons. The van der Waals surface area contributed by atoms with E-state index in [-0.39, 0.29) is 0 Å². The molecule has 3 heteroatoms. The number of aryl methyl sites for hydroxylation is 1. The highest BCUT2D eigenvalue weighted by atomic mass is 32.2. The SMILES string of the molecule is CSc1ccccc1Cn1c[n+](C)c2ccccc21. The van der Waals surface area contributed by atoms with Crippen molar-refractivity contribution in [1.82, 2.24) is 4.57 Å². The number of hydrogen-bond acceptors (Lipinski definition) is 1. The highest BCUT2D eigenvalue weighted by molar-refractivity contribution is 7.98. The summed E-state index contributed by atoms with van der Waals surface area (Å²) in [6.45, 7) is 0.915. The average molecular weight is 269 g/mol. The van der Waals surface area contributed by atoms with Crippen molar-refractivity contribution in [2.75, 3.05) is 6.26 Å². The van der Waals surface area contributed by atoms with Gasteiger partial charge in [0.1, 0.15) is 6.54 Å². The van der Waals surface area contributed by atoms with Crippen LogP contribution in [0.1, 0.15) is 5.56 Å². The average Bonchev–Trinajstić information content (AvgIpc) is 2.77. The lowest BCUT2D eigenvalue weighted by Crippen LogP contribution is -2.25. The van der Waals surface area contributed by atoms with Crippen LogP contribution in [0.25, 0.3) is 11.0 Å². The number of thioether (sulfide) groups is 1. The van der Waals surface area contributed by atoms with E-state index in [0.29, 0.717) is 0 Å². The van der Waals surface area contributed by atoms with Crippen LogP contribution in [0.5, 0.6) is 0 Å².